The van der Waals surface area contributed by atoms with Crippen LogP contribution in [0.4, 0.5) is 0 Å². The molecule has 1 heterocycles. The topological polar surface area (TPSA) is 26.0 Å². The van der Waals surface area contributed by atoms with Crippen LogP contribution in [0.3, 0.4) is 0 Å². The first-order valence-corrected chi connectivity index (χ1v) is 5.91. The first-order chi connectivity index (χ1) is 8.36. The molecule has 0 fully saturated rings. The molecule has 3 aromatic rings. The largest absolute Gasteiger partial charge is 0.356 e. The van der Waals surface area contributed by atoms with E-state index in [9.17, 15) is 0 Å². The molecule has 3 heteroatoms. The van der Waals surface area contributed by atoms with E-state index >= 15 is 0 Å². The number of nitrogens with zero attached hydrogens (tertiary/aromatic N) is 1. The molecule has 0 unspecified atom stereocenters. The van der Waals surface area contributed by atoms with E-state index in [0.29, 0.717) is 5.88 Å². The highest BCUT2D eigenvalue weighted by Gasteiger charge is 2.06. The quantitative estimate of drug-likeness (QED) is 0.630. The minimum absolute atomic E-state index is 0.372. The number of hydrogen-bond acceptors (Lipinski definition) is 2. The van der Waals surface area contributed by atoms with Gasteiger partial charge in [-0.3, -0.25) is 0 Å². The summed E-state index contributed by atoms with van der Waals surface area (Å²) < 4.78 is 5.26. The summed E-state index contributed by atoms with van der Waals surface area (Å²) in [4.78, 5) is 0. The summed E-state index contributed by atoms with van der Waals surface area (Å²) in [5.41, 5.74) is 1.78. The molecule has 0 saturated heterocycles. The van der Waals surface area contributed by atoms with Gasteiger partial charge in [-0.25, -0.2) is 0 Å². The van der Waals surface area contributed by atoms with E-state index in [1.165, 1.54) is 10.8 Å². The van der Waals surface area contributed by atoms with Crippen LogP contribution in [0.15, 0.2) is 53.1 Å². The molecule has 84 valence electrons. The van der Waals surface area contributed by atoms with Crippen LogP contribution >= 0.6 is 11.6 Å². The summed E-state index contributed by atoms with van der Waals surface area (Å²) >= 11 is 5.70. The van der Waals surface area contributed by atoms with Crippen LogP contribution in [-0.2, 0) is 5.88 Å². The van der Waals surface area contributed by atoms with Crippen molar-refractivity contribution in [3.63, 3.8) is 0 Å². The maximum absolute atomic E-state index is 5.70. The fourth-order valence-electron chi connectivity index (χ4n) is 1.85. The third-order valence-electron chi connectivity index (χ3n) is 2.73. The van der Waals surface area contributed by atoms with Crippen molar-refractivity contribution in [1.82, 2.24) is 5.16 Å². The normalized spacial score (nSPS) is 10.9. The van der Waals surface area contributed by atoms with Crippen LogP contribution in [0.5, 0.6) is 0 Å². The molecule has 0 aliphatic heterocycles. The first kappa shape index (κ1) is 10.4. The Labute approximate surface area is 104 Å². The molecule has 0 bridgehead atoms. The maximum Gasteiger partial charge on any atom is 0.167 e. The average molecular weight is 244 g/mol. The Balaban J connectivity index is 2.11. The highest BCUT2D eigenvalue weighted by atomic mass is 35.5. The summed E-state index contributed by atoms with van der Waals surface area (Å²) in [6.45, 7) is 0. The maximum atomic E-state index is 5.70. The van der Waals surface area contributed by atoms with Gasteiger partial charge in [0.05, 0.1) is 11.6 Å². The number of alkyl halides is 1. The lowest BCUT2D eigenvalue weighted by Crippen LogP contribution is -1.76. The molecule has 2 aromatic carbocycles. The van der Waals surface area contributed by atoms with Crippen LogP contribution < -0.4 is 0 Å². The van der Waals surface area contributed by atoms with Gasteiger partial charge in [-0.05, 0) is 16.8 Å². The number of rotatable bonds is 2. The zero-order chi connectivity index (χ0) is 11.7. The van der Waals surface area contributed by atoms with Crippen molar-refractivity contribution in [3.8, 4) is 11.3 Å². The van der Waals surface area contributed by atoms with Gasteiger partial charge < -0.3 is 4.52 Å². The Morgan fingerprint density at radius 1 is 1.00 bits per heavy atom. The zero-order valence-electron chi connectivity index (χ0n) is 9.06. The standard InChI is InChI=1S/C14H10ClNO/c15-9-13-8-14(17-16-13)12-6-5-10-3-1-2-4-11(10)7-12/h1-8H,9H2. The SMILES string of the molecule is ClCc1cc(-c2ccc3ccccc3c2)on1. The summed E-state index contributed by atoms with van der Waals surface area (Å²) in [6, 6.07) is 16.3. The second kappa shape index (κ2) is 4.22. The summed E-state index contributed by atoms with van der Waals surface area (Å²) in [6.07, 6.45) is 0. The van der Waals surface area contributed by atoms with Gasteiger partial charge in [0, 0.05) is 11.6 Å². The molecule has 0 aliphatic carbocycles. The van der Waals surface area contributed by atoms with Crippen molar-refractivity contribution in [2.24, 2.45) is 0 Å². The molecule has 1 aromatic heterocycles. The van der Waals surface area contributed by atoms with Crippen molar-refractivity contribution in [2.45, 2.75) is 5.88 Å². The molecular weight excluding hydrogens is 234 g/mol. The second-order valence-corrected chi connectivity index (χ2v) is 4.15. The number of halogens is 1. The van der Waals surface area contributed by atoms with E-state index in [4.69, 9.17) is 16.1 Å². The summed E-state index contributed by atoms with van der Waals surface area (Å²) in [5.74, 6) is 1.13. The van der Waals surface area contributed by atoms with Crippen LogP contribution in [0, 0.1) is 0 Å². The Morgan fingerprint density at radius 2 is 1.82 bits per heavy atom. The Morgan fingerprint density at radius 3 is 2.59 bits per heavy atom. The van der Waals surface area contributed by atoms with Gasteiger partial charge in [0.1, 0.15) is 0 Å². The van der Waals surface area contributed by atoms with Crippen LogP contribution in [-0.4, -0.2) is 5.16 Å². The van der Waals surface area contributed by atoms with Gasteiger partial charge in [0.25, 0.3) is 0 Å². The van der Waals surface area contributed by atoms with E-state index in [1.54, 1.807) is 0 Å². The molecule has 3 rings (SSSR count). The molecule has 17 heavy (non-hydrogen) atoms. The number of benzene rings is 2. The number of hydrogen-bond donors (Lipinski definition) is 0. The predicted octanol–water partition coefficient (Wildman–Crippen LogP) is 4.23. The monoisotopic (exact) mass is 243 g/mol. The molecule has 2 nitrogen and oxygen atoms in total. The minimum Gasteiger partial charge on any atom is -0.356 e. The van der Waals surface area contributed by atoms with Crippen molar-refractivity contribution in [1.29, 1.82) is 0 Å². The number of aromatic nitrogens is 1. The fourth-order valence-corrected chi connectivity index (χ4v) is 1.98. The Kier molecular flexibility index (Phi) is 2.57. The summed E-state index contributed by atoms with van der Waals surface area (Å²) in [7, 11) is 0. The zero-order valence-corrected chi connectivity index (χ0v) is 9.82. The summed E-state index contributed by atoms with van der Waals surface area (Å²) in [5, 5.41) is 6.29. The molecule has 0 amide bonds. The van der Waals surface area contributed by atoms with E-state index in [-0.39, 0.29) is 0 Å². The van der Waals surface area contributed by atoms with Gasteiger partial charge in [-0.1, -0.05) is 41.6 Å². The highest BCUT2D eigenvalue weighted by Crippen LogP contribution is 2.25. The third kappa shape index (κ3) is 1.92. The lowest BCUT2D eigenvalue weighted by Gasteiger charge is -1.99. The van der Waals surface area contributed by atoms with E-state index in [1.807, 2.05) is 24.3 Å². The second-order valence-electron chi connectivity index (χ2n) is 3.88. The van der Waals surface area contributed by atoms with Gasteiger partial charge in [-0.2, -0.15) is 0 Å². The smallest absolute Gasteiger partial charge is 0.167 e. The van der Waals surface area contributed by atoms with Crippen molar-refractivity contribution < 1.29 is 4.52 Å². The number of fused-ring (bicyclic) bond motifs is 1. The van der Waals surface area contributed by atoms with Crippen molar-refractivity contribution in [2.75, 3.05) is 0 Å². The van der Waals surface area contributed by atoms with Crippen LogP contribution in [0.1, 0.15) is 5.69 Å². The molecule has 0 N–H and O–H groups in total. The minimum atomic E-state index is 0.372. The molecule has 0 aliphatic rings. The van der Waals surface area contributed by atoms with E-state index in [2.05, 4.69) is 29.4 Å². The predicted molar refractivity (Wildman–Crippen MR) is 69.0 cm³/mol. The Hall–Kier alpha value is -1.80. The van der Waals surface area contributed by atoms with Gasteiger partial charge in [0.15, 0.2) is 5.76 Å². The highest BCUT2D eigenvalue weighted by molar-refractivity contribution is 6.16. The average Bonchev–Trinajstić information content (AvgIpc) is 2.87. The van der Waals surface area contributed by atoms with E-state index < -0.39 is 0 Å². The first-order valence-electron chi connectivity index (χ1n) is 5.37. The molecule has 0 saturated carbocycles. The third-order valence-corrected chi connectivity index (χ3v) is 3.00. The lowest BCUT2D eigenvalue weighted by atomic mass is 10.1. The van der Waals surface area contributed by atoms with Crippen LogP contribution in [0.25, 0.3) is 22.1 Å². The van der Waals surface area contributed by atoms with E-state index in [0.717, 1.165) is 17.0 Å². The van der Waals surface area contributed by atoms with Gasteiger partial charge in [0.2, 0.25) is 0 Å². The molecule has 0 radical (unpaired) electrons. The lowest BCUT2D eigenvalue weighted by molar-refractivity contribution is 0.426. The molecule has 0 spiro atoms. The van der Waals surface area contributed by atoms with Gasteiger partial charge in [-0.15, -0.1) is 11.6 Å². The van der Waals surface area contributed by atoms with Crippen molar-refractivity contribution in [3.05, 3.63) is 54.2 Å². The van der Waals surface area contributed by atoms with Crippen LogP contribution in [0.2, 0.25) is 0 Å². The fraction of sp³-hybridized carbons (Fsp3) is 0.0714. The van der Waals surface area contributed by atoms with Crippen molar-refractivity contribution >= 4 is 22.4 Å². The molecule has 0 atom stereocenters. The van der Waals surface area contributed by atoms with Gasteiger partial charge >= 0.3 is 0 Å². The molecular formula is C14H10ClNO. The Bertz CT molecular complexity index is 660.